The Morgan fingerprint density at radius 3 is 2.58 bits per heavy atom. The molecule has 2 amide bonds. The minimum Gasteiger partial charge on any atom is -0.465 e. The molecule has 170 valence electrons. The van der Waals surface area contributed by atoms with Gasteiger partial charge in [-0.1, -0.05) is 24.3 Å². The number of carbonyl (C=O) groups is 2. The molecule has 0 saturated carbocycles. The number of fused-ring (bicyclic) bond motifs is 3. The van der Waals surface area contributed by atoms with E-state index in [9.17, 15) is 14.0 Å². The van der Waals surface area contributed by atoms with Gasteiger partial charge in [-0.3, -0.25) is 0 Å². The van der Waals surface area contributed by atoms with E-state index in [0.29, 0.717) is 17.8 Å². The van der Waals surface area contributed by atoms with E-state index in [-0.39, 0.29) is 17.9 Å². The summed E-state index contributed by atoms with van der Waals surface area (Å²) >= 11 is 1.79. The molecule has 2 aliphatic rings. The molecule has 0 bridgehead atoms. The molecular weight excluding hydrogens is 439 g/mol. The summed E-state index contributed by atoms with van der Waals surface area (Å²) in [5.41, 5.74) is 4.42. The number of urea groups is 1. The lowest BCUT2D eigenvalue weighted by Crippen LogP contribution is -2.42. The van der Waals surface area contributed by atoms with Crippen LogP contribution >= 0.6 is 11.3 Å². The standard InChI is InChI=1S/C26H25FN2O3S/c1-32-25(30)20-7-2-4-8-21(20)28-26(31)29-15-14-19-18-6-3-5-9-22(18)33-24(19)23(29)16-10-12-17(27)13-11-16/h2,4,7-8,10-13,23H,3,5-6,9,14-15H2,1H3,(H,28,31)/t23-/m0/s1. The van der Waals surface area contributed by atoms with Crippen LogP contribution in [-0.2, 0) is 24.0 Å². The van der Waals surface area contributed by atoms with Gasteiger partial charge in [-0.2, -0.15) is 0 Å². The number of hydrogen-bond acceptors (Lipinski definition) is 4. The predicted molar refractivity (Wildman–Crippen MR) is 126 cm³/mol. The molecule has 0 unspecified atom stereocenters. The lowest BCUT2D eigenvalue weighted by molar-refractivity contribution is 0.0602. The average molecular weight is 465 g/mol. The molecule has 7 heteroatoms. The van der Waals surface area contributed by atoms with Crippen LogP contribution in [-0.4, -0.2) is 30.6 Å². The zero-order valence-corrected chi connectivity index (χ0v) is 19.2. The number of rotatable bonds is 3. The number of hydrogen-bond donors (Lipinski definition) is 1. The molecule has 1 aliphatic heterocycles. The molecule has 1 atom stereocenters. The van der Waals surface area contributed by atoms with Crippen LogP contribution in [0.4, 0.5) is 14.9 Å². The van der Waals surface area contributed by atoms with Gasteiger partial charge in [-0.05, 0) is 73.1 Å². The Kier molecular flexibility index (Phi) is 5.89. The molecule has 2 heterocycles. The summed E-state index contributed by atoms with van der Waals surface area (Å²) in [6.45, 7) is 0.546. The first-order valence-corrected chi connectivity index (χ1v) is 12.0. The van der Waals surface area contributed by atoms with Crippen molar-refractivity contribution in [1.82, 2.24) is 4.90 Å². The lowest BCUT2D eigenvalue weighted by atomic mass is 9.88. The number of methoxy groups -OCH3 is 1. The molecule has 0 fully saturated rings. The second-order valence-electron chi connectivity index (χ2n) is 8.42. The highest BCUT2D eigenvalue weighted by Crippen LogP contribution is 2.45. The maximum atomic E-state index is 13.7. The Morgan fingerprint density at radius 1 is 1.03 bits per heavy atom. The van der Waals surface area contributed by atoms with E-state index >= 15 is 0 Å². The molecule has 1 N–H and O–H groups in total. The SMILES string of the molecule is COC(=O)c1ccccc1NC(=O)N1CCc2c(sc3c2CCCC3)[C@@H]1c1ccc(F)cc1. The molecule has 0 spiro atoms. The third kappa shape index (κ3) is 4.02. The summed E-state index contributed by atoms with van der Waals surface area (Å²) in [6, 6.07) is 12.6. The molecular formula is C26H25FN2O3S. The van der Waals surface area contributed by atoms with Gasteiger partial charge in [0.15, 0.2) is 0 Å². The van der Waals surface area contributed by atoms with Crippen molar-refractivity contribution in [3.8, 4) is 0 Å². The number of para-hydroxylation sites is 1. The van der Waals surface area contributed by atoms with Gasteiger partial charge in [0.25, 0.3) is 0 Å². The fourth-order valence-electron chi connectivity index (χ4n) is 4.91. The van der Waals surface area contributed by atoms with Gasteiger partial charge in [0.2, 0.25) is 0 Å². The van der Waals surface area contributed by atoms with Gasteiger partial charge >= 0.3 is 12.0 Å². The smallest absolute Gasteiger partial charge is 0.339 e. The molecule has 33 heavy (non-hydrogen) atoms. The second kappa shape index (κ2) is 8.98. The number of amides is 2. The van der Waals surface area contributed by atoms with Gasteiger partial charge in [0.05, 0.1) is 24.4 Å². The van der Waals surface area contributed by atoms with Crippen LogP contribution in [0.25, 0.3) is 0 Å². The van der Waals surface area contributed by atoms with Gasteiger partial charge in [0, 0.05) is 16.3 Å². The van der Waals surface area contributed by atoms with Gasteiger partial charge in [-0.15, -0.1) is 11.3 Å². The summed E-state index contributed by atoms with van der Waals surface area (Å²) in [5, 5.41) is 2.92. The number of esters is 1. The van der Waals surface area contributed by atoms with Crippen molar-refractivity contribution >= 4 is 29.0 Å². The van der Waals surface area contributed by atoms with Crippen molar-refractivity contribution in [3.63, 3.8) is 0 Å². The minimum atomic E-state index is -0.507. The van der Waals surface area contributed by atoms with E-state index in [1.165, 1.54) is 53.0 Å². The number of carbonyl (C=O) groups excluding carboxylic acids is 2. The van der Waals surface area contributed by atoms with Crippen LogP contribution in [0.5, 0.6) is 0 Å². The number of aryl methyl sites for hydroxylation is 1. The van der Waals surface area contributed by atoms with Crippen LogP contribution in [0.1, 0.15) is 55.7 Å². The van der Waals surface area contributed by atoms with E-state index in [1.807, 2.05) is 0 Å². The van der Waals surface area contributed by atoms with Crippen molar-refractivity contribution in [2.75, 3.05) is 19.0 Å². The summed E-state index contributed by atoms with van der Waals surface area (Å²) in [5.74, 6) is -0.809. The average Bonchev–Trinajstić information content (AvgIpc) is 3.22. The summed E-state index contributed by atoms with van der Waals surface area (Å²) in [7, 11) is 1.32. The largest absolute Gasteiger partial charge is 0.465 e. The molecule has 3 aromatic rings. The van der Waals surface area contributed by atoms with Crippen LogP contribution in [0, 0.1) is 5.82 Å². The van der Waals surface area contributed by atoms with E-state index in [0.717, 1.165) is 24.8 Å². The third-order valence-electron chi connectivity index (χ3n) is 6.50. The Labute approximate surface area is 196 Å². The quantitative estimate of drug-likeness (QED) is 0.504. The Bertz CT molecular complexity index is 1200. The van der Waals surface area contributed by atoms with Crippen molar-refractivity contribution in [2.24, 2.45) is 0 Å². The normalized spacial score (nSPS) is 17.2. The number of benzene rings is 2. The zero-order chi connectivity index (χ0) is 22.9. The Hall–Kier alpha value is -3.19. The van der Waals surface area contributed by atoms with Crippen LogP contribution in [0.3, 0.4) is 0 Å². The highest BCUT2D eigenvalue weighted by atomic mass is 32.1. The van der Waals surface area contributed by atoms with Crippen molar-refractivity contribution in [3.05, 3.63) is 86.4 Å². The Balaban J connectivity index is 1.53. The molecule has 5 rings (SSSR count). The lowest BCUT2D eigenvalue weighted by Gasteiger charge is -2.36. The number of nitrogens with one attached hydrogen (secondary N) is 1. The highest BCUT2D eigenvalue weighted by Gasteiger charge is 2.36. The van der Waals surface area contributed by atoms with E-state index < -0.39 is 5.97 Å². The third-order valence-corrected chi connectivity index (χ3v) is 7.88. The minimum absolute atomic E-state index is 0.294. The first-order valence-electron chi connectivity index (χ1n) is 11.2. The first kappa shape index (κ1) is 21.6. The summed E-state index contributed by atoms with van der Waals surface area (Å²) < 4.78 is 18.6. The van der Waals surface area contributed by atoms with Gasteiger partial charge in [0.1, 0.15) is 5.82 Å². The monoisotopic (exact) mass is 464 g/mol. The summed E-state index contributed by atoms with van der Waals surface area (Å²) in [6.07, 6.45) is 5.37. The molecule has 1 aliphatic carbocycles. The number of halogens is 1. The fraction of sp³-hybridized carbons (Fsp3) is 0.308. The fourth-order valence-corrected chi connectivity index (χ4v) is 6.50. The predicted octanol–water partition coefficient (Wildman–Crippen LogP) is 5.73. The molecule has 5 nitrogen and oxygen atoms in total. The van der Waals surface area contributed by atoms with E-state index in [4.69, 9.17) is 4.74 Å². The highest BCUT2D eigenvalue weighted by molar-refractivity contribution is 7.12. The van der Waals surface area contributed by atoms with Gasteiger partial charge in [-0.25, -0.2) is 14.0 Å². The summed E-state index contributed by atoms with van der Waals surface area (Å²) in [4.78, 5) is 30.1. The van der Waals surface area contributed by atoms with Crippen LogP contribution in [0.2, 0.25) is 0 Å². The number of ether oxygens (including phenoxy) is 1. The molecule has 2 aromatic carbocycles. The number of anilines is 1. The van der Waals surface area contributed by atoms with Crippen molar-refractivity contribution in [2.45, 2.75) is 38.1 Å². The zero-order valence-electron chi connectivity index (χ0n) is 18.4. The maximum Gasteiger partial charge on any atom is 0.339 e. The van der Waals surface area contributed by atoms with E-state index in [2.05, 4.69) is 5.32 Å². The van der Waals surface area contributed by atoms with Crippen LogP contribution in [0.15, 0.2) is 48.5 Å². The number of nitrogens with zero attached hydrogens (tertiary/aromatic N) is 1. The van der Waals surface area contributed by atoms with Crippen LogP contribution < -0.4 is 5.32 Å². The molecule has 0 radical (unpaired) electrons. The molecule has 1 aromatic heterocycles. The topological polar surface area (TPSA) is 58.6 Å². The Morgan fingerprint density at radius 2 is 1.79 bits per heavy atom. The second-order valence-corrected chi connectivity index (χ2v) is 9.56. The maximum absolute atomic E-state index is 13.7. The number of thiophene rings is 1. The molecule has 0 saturated heterocycles. The van der Waals surface area contributed by atoms with Crippen molar-refractivity contribution in [1.29, 1.82) is 0 Å². The first-order chi connectivity index (χ1) is 16.1. The van der Waals surface area contributed by atoms with Gasteiger partial charge < -0.3 is 15.0 Å². The van der Waals surface area contributed by atoms with E-state index in [1.54, 1.807) is 52.6 Å². The van der Waals surface area contributed by atoms with Crippen molar-refractivity contribution < 1.29 is 18.7 Å².